The molecule has 22 heavy (non-hydrogen) atoms. The van der Waals surface area contributed by atoms with Gasteiger partial charge in [0.05, 0.1) is 6.04 Å². The first-order chi connectivity index (χ1) is 10.3. The van der Waals surface area contributed by atoms with Gasteiger partial charge in [0, 0.05) is 5.69 Å². The Bertz CT molecular complexity index is 486. The molecule has 0 unspecified atom stereocenters. The molecule has 1 aromatic rings. The van der Waals surface area contributed by atoms with E-state index in [4.69, 9.17) is 5.73 Å². The van der Waals surface area contributed by atoms with Crippen molar-refractivity contribution in [1.82, 2.24) is 5.32 Å². The van der Waals surface area contributed by atoms with Gasteiger partial charge in [-0.1, -0.05) is 45.9 Å². The van der Waals surface area contributed by atoms with E-state index in [1.165, 1.54) is 0 Å². The van der Waals surface area contributed by atoms with Gasteiger partial charge in [0.15, 0.2) is 0 Å². The molecule has 0 aliphatic heterocycles. The Hall–Kier alpha value is -1.88. The maximum Gasteiger partial charge on any atom is 0.246 e. The Kier molecular flexibility index (Phi) is 7.05. The Balaban J connectivity index is 2.75. The molecule has 5 nitrogen and oxygen atoms in total. The van der Waals surface area contributed by atoms with E-state index in [1.807, 2.05) is 58.0 Å². The molecule has 0 heterocycles. The van der Waals surface area contributed by atoms with Crippen LogP contribution in [0.15, 0.2) is 30.3 Å². The van der Waals surface area contributed by atoms with Crippen molar-refractivity contribution in [1.29, 1.82) is 0 Å². The Morgan fingerprint density at radius 2 is 1.64 bits per heavy atom. The van der Waals surface area contributed by atoms with Crippen LogP contribution in [0.3, 0.4) is 0 Å². The summed E-state index contributed by atoms with van der Waals surface area (Å²) in [4.78, 5) is 24.5. The van der Waals surface area contributed by atoms with Crippen molar-refractivity contribution in [3.63, 3.8) is 0 Å². The number of anilines is 1. The summed E-state index contributed by atoms with van der Waals surface area (Å²) in [6.45, 7) is 7.78. The third kappa shape index (κ3) is 5.85. The lowest BCUT2D eigenvalue weighted by Crippen LogP contribution is -2.52. The van der Waals surface area contributed by atoms with E-state index in [0.717, 1.165) is 0 Å². The first-order valence-electron chi connectivity index (χ1n) is 7.73. The maximum absolute atomic E-state index is 12.4. The number of para-hydroxylation sites is 1. The predicted octanol–water partition coefficient (Wildman–Crippen LogP) is 2.14. The minimum atomic E-state index is -0.612. The van der Waals surface area contributed by atoms with Crippen LogP contribution in [0.4, 0.5) is 5.69 Å². The van der Waals surface area contributed by atoms with Crippen LogP contribution in [-0.2, 0) is 9.59 Å². The summed E-state index contributed by atoms with van der Waals surface area (Å²) in [7, 11) is 0. The first kappa shape index (κ1) is 18.2. The maximum atomic E-state index is 12.4. The van der Waals surface area contributed by atoms with Gasteiger partial charge in [-0.15, -0.1) is 0 Å². The van der Waals surface area contributed by atoms with Crippen molar-refractivity contribution < 1.29 is 9.59 Å². The smallest absolute Gasteiger partial charge is 0.246 e. The molecule has 122 valence electrons. The monoisotopic (exact) mass is 305 g/mol. The molecule has 0 radical (unpaired) electrons. The molecule has 0 saturated carbocycles. The third-order valence-corrected chi connectivity index (χ3v) is 3.40. The standard InChI is InChI=1S/C17H27N3O2/c1-11(2)10-14(20-17(22)15(18)12(3)4)16(21)19-13-8-6-5-7-9-13/h5-9,11-12,14-15H,10,18H2,1-4H3,(H,19,21)(H,20,22)/t14-,15-/m0/s1. The summed E-state index contributed by atoms with van der Waals surface area (Å²) in [5.41, 5.74) is 6.56. The zero-order chi connectivity index (χ0) is 16.7. The topological polar surface area (TPSA) is 84.2 Å². The summed E-state index contributed by atoms with van der Waals surface area (Å²) in [5, 5.41) is 5.60. The molecular weight excluding hydrogens is 278 g/mol. The molecular formula is C17H27N3O2. The van der Waals surface area contributed by atoms with Gasteiger partial charge in [-0.25, -0.2) is 0 Å². The number of hydrogen-bond acceptors (Lipinski definition) is 3. The zero-order valence-corrected chi connectivity index (χ0v) is 13.8. The van der Waals surface area contributed by atoms with Crippen molar-refractivity contribution in [3.8, 4) is 0 Å². The summed E-state index contributed by atoms with van der Waals surface area (Å²) >= 11 is 0. The molecule has 0 aliphatic rings. The van der Waals surface area contributed by atoms with E-state index >= 15 is 0 Å². The van der Waals surface area contributed by atoms with Crippen LogP contribution in [0, 0.1) is 11.8 Å². The van der Waals surface area contributed by atoms with Crippen LogP contribution >= 0.6 is 0 Å². The van der Waals surface area contributed by atoms with E-state index in [9.17, 15) is 9.59 Å². The SMILES string of the molecule is CC(C)C[C@H](NC(=O)[C@@H](N)C(C)C)C(=O)Nc1ccccc1. The van der Waals surface area contributed by atoms with E-state index in [0.29, 0.717) is 12.1 Å². The molecule has 2 atom stereocenters. The number of rotatable bonds is 7. The summed E-state index contributed by atoms with van der Waals surface area (Å²) in [6.07, 6.45) is 0.565. The van der Waals surface area contributed by atoms with Crippen molar-refractivity contribution in [2.24, 2.45) is 17.6 Å². The van der Waals surface area contributed by atoms with Gasteiger partial charge in [0.2, 0.25) is 11.8 Å². The average molecular weight is 305 g/mol. The lowest BCUT2D eigenvalue weighted by Gasteiger charge is -2.23. The number of benzene rings is 1. The van der Waals surface area contributed by atoms with Crippen molar-refractivity contribution in [3.05, 3.63) is 30.3 Å². The highest BCUT2D eigenvalue weighted by molar-refractivity contribution is 5.97. The number of hydrogen-bond donors (Lipinski definition) is 3. The van der Waals surface area contributed by atoms with E-state index < -0.39 is 12.1 Å². The number of amides is 2. The highest BCUT2D eigenvalue weighted by Gasteiger charge is 2.25. The van der Waals surface area contributed by atoms with Gasteiger partial charge in [0.1, 0.15) is 6.04 Å². The fourth-order valence-electron chi connectivity index (χ4n) is 2.02. The molecule has 0 bridgehead atoms. The average Bonchev–Trinajstić information content (AvgIpc) is 2.46. The van der Waals surface area contributed by atoms with Crippen LogP contribution in [0.2, 0.25) is 0 Å². The number of nitrogens with two attached hydrogens (primary N) is 1. The summed E-state index contributed by atoms with van der Waals surface area (Å²) < 4.78 is 0. The van der Waals surface area contributed by atoms with Crippen LogP contribution in [-0.4, -0.2) is 23.9 Å². The molecule has 2 amide bonds. The minimum Gasteiger partial charge on any atom is -0.343 e. The van der Waals surface area contributed by atoms with E-state index in [-0.39, 0.29) is 23.7 Å². The number of carbonyl (C=O) groups is 2. The summed E-state index contributed by atoms with van der Waals surface area (Å²) in [5.74, 6) is -0.202. The second kappa shape index (κ2) is 8.54. The highest BCUT2D eigenvalue weighted by atomic mass is 16.2. The largest absolute Gasteiger partial charge is 0.343 e. The molecule has 5 heteroatoms. The summed E-state index contributed by atoms with van der Waals surface area (Å²) in [6, 6.07) is 8.00. The normalized spacial score (nSPS) is 13.8. The van der Waals surface area contributed by atoms with Gasteiger partial charge >= 0.3 is 0 Å². The Morgan fingerprint density at radius 3 is 2.14 bits per heavy atom. The van der Waals surface area contributed by atoms with Crippen molar-refractivity contribution >= 4 is 17.5 Å². The Morgan fingerprint density at radius 1 is 1.05 bits per heavy atom. The lowest BCUT2D eigenvalue weighted by atomic mass is 10.0. The van der Waals surface area contributed by atoms with Gasteiger partial charge in [-0.3, -0.25) is 9.59 Å². The van der Waals surface area contributed by atoms with E-state index in [2.05, 4.69) is 10.6 Å². The quantitative estimate of drug-likeness (QED) is 0.721. The predicted molar refractivity (Wildman–Crippen MR) is 89.3 cm³/mol. The van der Waals surface area contributed by atoms with Crippen molar-refractivity contribution in [2.75, 3.05) is 5.32 Å². The minimum absolute atomic E-state index is 0.0249. The number of nitrogens with one attached hydrogen (secondary N) is 2. The van der Waals surface area contributed by atoms with Gasteiger partial charge in [0.25, 0.3) is 0 Å². The molecule has 0 aliphatic carbocycles. The molecule has 1 aromatic carbocycles. The van der Waals surface area contributed by atoms with Gasteiger partial charge in [-0.2, -0.15) is 0 Å². The van der Waals surface area contributed by atoms with Crippen molar-refractivity contribution in [2.45, 2.75) is 46.2 Å². The van der Waals surface area contributed by atoms with Crippen LogP contribution < -0.4 is 16.4 Å². The fourth-order valence-corrected chi connectivity index (χ4v) is 2.02. The second-order valence-electron chi connectivity index (χ2n) is 6.32. The molecule has 0 fully saturated rings. The molecule has 0 saturated heterocycles. The second-order valence-corrected chi connectivity index (χ2v) is 6.32. The Labute approximate surface area is 132 Å². The zero-order valence-electron chi connectivity index (χ0n) is 13.8. The molecule has 0 aromatic heterocycles. The number of carbonyl (C=O) groups excluding carboxylic acids is 2. The third-order valence-electron chi connectivity index (χ3n) is 3.40. The van der Waals surface area contributed by atoms with Gasteiger partial charge < -0.3 is 16.4 Å². The molecule has 0 spiro atoms. The fraction of sp³-hybridized carbons (Fsp3) is 0.529. The van der Waals surface area contributed by atoms with Crippen LogP contribution in [0.25, 0.3) is 0 Å². The molecule has 1 rings (SSSR count). The van der Waals surface area contributed by atoms with Gasteiger partial charge in [-0.05, 0) is 30.4 Å². The highest BCUT2D eigenvalue weighted by Crippen LogP contribution is 2.11. The first-order valence-corrected chi connectivity index (χ1v) is 7.73. The lowest BCUT2D eigenvalue weighted by molar-refractivity contribution is -0.128. The van der Waals surface area contributed by atoms with Crippen LogP contribution in [0.5, 0.6) is 0 Å². The van der Waals surface area contributed by atoms with E-state index in [1.54, 1.807) is 0 Å². The van der Waals surface area contributed by atoms with Crippen LogP contribution in [0.1, 0.15) is 34.1 Å². The molecule has 4 N–H and O–H groups in total.